The number of nitrogens with zero attached hydrogens (tertiary/aromatic N) is 1. The van der Waals surface area contributed by atoms with Crippen molar-refractivity contribution < 1.29 is 4.52 Å². The molecule has 1 aromatic carbocycles. The third-order valence-electron chi connectivity index (χ3n) is 2.12. The number of aromatic nitrogens is 1. The van der Waals surface area contributed by atoms with Crippen LogP contribution in [0.15, 0.2) is 35.0 Å². The maximum Gasteiger partial charge on any atom is 0.171 e. The zero-order chi connectivity index (χ0) is 10.7. The summed E-state index contributed by atoms with van der Waals surface area (Å²) in [5.41, 5.74) is 2.15. The predicted octanol–water partition coefficient (Wildman–Crippen LogP) is 2.67. The second kappa shape index (κ2) is 4.76. The molecule has 1 aromatic heterocycles. The molecule has 0 unspecified atom stereocenters. The van der Waals surface area contributed by atoms with Crippen molar-refractivity contribution in [1.29, 1.82) is 0 Å². The molecule has 2 rings (SSSR count). The van der Waals surface area contributed by atoms with Gasteiger partial charge in [-0.15, -0.1) is 0 Å². The van der Waals surface area contributed by atoms with E-state index in [0.29, 0.717) is 0 Å². The van der Waals surface area contributed by atoms with Crippen LogP contribution in [-0.4, -0.2) is 12.2 Å². The van der Waals surface area contributed by atoms with Crippen LogP contribution in [0.4, 0.5) is 0 Å². The second-order valence-corrected chi connectivity index (χ2v) is 4.46. The van der Waals surface area contributed by atoms with Crippen molar-refractivity contribution in [2.75, 3.05) is 7.05 Å². The van der Waals surface area contributed by atoms with E-state index in [0.717, 1.165) is 23.4 Å². The molecule has 0 atom stereocenters. The molecule has 2 aromatic rings. The van der Waals surface area contributed by atoms with Crippen LogP contribution < -0.4 is 5.32 Å². The van der Waals surface area contributed by atoms with Crippen LogP contribution in [0.25, 0.3) is 11.3 Å². The molecule has 0 radical (unpaired) electrons. The van der Waals surface area contributed by atoms with E-state index in [1.54, 1.807) is 6.20 Å². The van der Waals surface area contributed by atoms with Crippen molar-refractivity contribution in [2.24, 2.45) is 0 Å². The van der Waals surface area contributed by atoms with E-state index < -0.39 is 0 Å². The highest BCUT2D eigenvalue weighted by atomic mass is 127. The Morgan fingerprint density at radius 2 is 2.07 bits per heavy atom. The van der Waals surface area contributed by atoms with E-state index in [1.807, 2.05) is 19.2 Å². The molecule has 0 amide bonds. The lowest BCUT2D eigenvalue weighted by Crippen LogP contribution is -2.04. The summed E-state index contributed by atoms with van der Waals surface area (Å²) in [5.74, 6) is 0.848. The van der Waals surface area contributed by atoms with Gasteiger partial charge in [-0.2, -0.15) is 0 Å². The summed E-state index contributed by atoms with van der Waals surface area (Å²) < 4.78 is 6.46. The minimum atomic E-state index is 0.769. The smallest absolute Gasteiger partial charge is 0.171 e. The lowest BCUT2D eigenvalue weighted by Gasteiger charge is -2.00. The van der Waals surface area contributed by atoms with Gasteiger partial charge in [-0.25, -0.2) is 0 Å². The first-order valence-electron chi connectivity index (χ1n) is 4.65. The van der Waals surface area contributed by atoms with Gasteiger partial charge in [0.05, 0.1) is 6.20 Å². The Bertz CT molecular complexity index is 436. The molecule has 1 heterocycles. The topological polar surface area (TPSA) is 38.1 Å². The Kier molecular flexibility index (Phi) is 3.37. The third kappa shape index (κ3) is 2.38. The van der Waals surface area contributed by atoms with Crippen LogP contribution >= 0.6 is 22.6 Å². The monoisotopic (exact) mass is 314 g/mol. The van der Waals surface area contributed by atoms with Crippen molar-refractivity contribution in [1.82, 2.24) is 10.5 Å². The standard InChI is InChI=1S/C11H11IN2O/c1-13-6-9-7-14-15-11(9)8-2-4-10(12)5-3-8/h2-5,7,13H,6H2,1H3. The molecule has 0 fully saturated rings. The Balaban J connectivity index is 2.36. The fourth-order valence-corrected chi connectivity index (χ4v) is 1.78. The molecule has 0 aliphatic heterocycles. The number of benzene rings is 1. The molecular formula is C11H11IN2O. The average Bonchev–Trinajstić information content (AvgIpc) is 2.68. The highest BCUT2D eigenvalue weighted by Crippen LogP contribution is 2.24. The van der Waals surface area contributed by atoms with E-state index in [-0.39, 0.29) is 0 Å². The van der Waals surface area contributed by atoms with E-state index in [2.05, 4.69) is 45.2 Å². The summed E-state index contributed by atoms with van der Waals surface area (Å²) in [4.78, 5) is 0. The first-order chi connectivity index (χ1) is 7.31. The Hall–Kier alpha value is -0.880. The highest BCUT2D eigenvalue weighted by Gasteiger charge is 2.09. The molecular weight excluding hydrogens is 303 g/mol. The Morgan fingerprint density at radius 3 is 2.73 bits per heavy atom. The molecule has 0 saturated heterocycles. The fraction of sp³-hybridized carbons (Fsp3) is 0.182. The van der Waals surface area contributed by atoms with Crippen molar-refractivity contribution in [3.05, 3.63) is 39.6 Å². The third-order valence-corrected chi connectivity index (χ3v) is 2.84. The SMILES string of the molecule is CNCc1cnoc1-c1ccc(I)cc1. The van der Waals surface area contributed by atoms with Gasteiger partial charge in [0.25, 0.3) is 0 Å². The lowest BCUT2D eigenvalue weighted by molar-refractivity contribution is 0.431. The minimum Gasteiger partial charge on any atom is -0.356 e. The molecule has 0 spiro atoms. The van der Waals surface area contributed by atoms with E-state index in [9.17, 15) is 0 Å². The van der Waals surface area contributed by atoms with Crippen molar-refractivity contribution in [2.45, 2.75) is 6.54 Å². The number of nitrogens with one attached hydrogen (secondary N) is 1. The molecule has 0 aliphatic carbocycles. The van der Waals surface area contributed by atoms with E-state index >= 15 is 0 Å². The van der Waals surface area contributed by atoms with Gasteiger partial charge in [-0.1, -0.05) is 17.3 Å². The fourth-order valence-electron chi connectivity index (χ4n) is 1.42. The van der Waals surface area contributed by atoms with Crippen molar-refractivity contribution >= 4 is 22.6 Å². The normalized spacial score (nSPS) is 10.5. The zero-order valence-electron chi connectivity index (χ0n) is 8.33. The van der Waals surface area contributed by atoms with Crippen molar-refractivity contribution in [3.63, 3.8) is 0 Å². The average molecular weight is 314 g/mol. The summed E-state index contributed by atoms with van der Waals surface area (Å²) >= 11 is 2.28. The van der Waals surface area contributed by atoms with Gasteiger partial charge < -0.3 is 9.84 Å². The summed E-state index contributed by atoms with van der Waals surface area (Å²) in [6.45, 7) is 0.769. The largest absolute Gasteiger partial charge is 0.356 e. The van der Waals surface area contributed by atoms with Crippen LogP contribution in [0, 0.1) is 3.57 Å². The molecule has 15 heavy (non-hydrogen) atoms. The number of rotatable bonds is 3. The molecule has 78 valence electrons. The summed E-state index contributed by atoms with van der Waals surface area (Å²) in [7, 11) is 1.91. The Labute approximate surface area is 102 Å². The van der Waals surface area contributed by atoms with Crippen LogP contribution in [0.5, 0.6) is 0 Å². The second-order valence-electron chi connectivity index (χ2n) is 3.22. The lowest BCUT2D eigenvalue weighted by atomic mass is 10.1. The molecule has 0 aliphatic rings. The molecule has 0 saturated carbocycles. The molecule has 1 N–H and O–H groups in total. The van der Waals surface area contributed by atoms with Gasteiger partial charge >= 0.3 is 0 Å². The summed E-state index contributed by atoms with van der Waals surface area (Å²) in [6.07, 6.45) is 1.75. The first-order valence-corrected chi connectivity index (χ1v) is 5.73. The summed E-state index contributed by atoms with van der Waals surface area (Å²) in [6, 6.07) is 8.20. The van der Waals surface area contributed by atoms with E-state index in [1.165, 1.54) is 3.57 Å². The maximum atomic E-state index is 5.25. The van der Waals surface area contributed by atoms with Crippen LogP contribution in [0.2, 0.25) is 0 Å². The van der Waals surface area contributed by atoms with Gasteiger partial charge in [-0.3, -0.25) is 0 Å². The van der Waals surface area contributed by atoms with Gasteiger partial charge in [-0.05, 0) is 41.8 Å². The zero-order valence-corrected chi connectivity index (χ0v) is 10.5. The number of hydrogen-bond donors (Lipinski definition) is 1. The Morgan fingerprint density at radius 1 is 1.33 bits per heavy atom. The molecule has 0 bridgehead atoms. The highest BCUT2D eigenvalue weighted by molar-refractivity contribution is 14.1. The predicted molar refractivity (Wildman–Crippen MR) is 67.4 cm³/mol. The van der Waals surface area contributed by atoms with Crippen LogP contribution in [0.1, 0.15) is 5.56 Å². The van der Waals surface area contributed by atoms with Crippen LogP contribution in [-0.2, 0) is 6.54 Å². The first kappa shape index (κ1) is 10.6. The van der Waals surface area contributed by atoms with Crippen molar-refractivity contribution in [3.8, 4) is 11.3 Å². The number of halogens is 1. The molecule has 3 nitrogen and oxygen atoms in total. The maximum absolute atomic E-state index is 5.25. The molecule has 4 heteroatoms. The van der Waals surface area contributed by atoms with Gasteiger partial charge in [0.15, 0.2) is 5.76 Å². The van der Waals surface area contributed by atoms with Gasteiger partial charge in [0.2, 0.25) is 0 Å². The number of hydrogen-bond acceptors (Lipinski definition) is 3. The van der Waals surface area contributed by atoms with Crippen LogP contribution in [0.3, 0.4) is 0 Å². The van der Waals surface area contributed by atoms with Gasteiger partial charge in [0.1, 0.15) is 0 Å². The quantitative estimate of drug-likeness (QED) is 0.885. The minimum absolute atomic E-state index is 0.769. The van der Waals surface area contributed by atoms with E-state index in [4.69, 9.17) is 4.52 Å². The summed E-state index contributed by atoms with van der Waals surface area (Å²) in [5, 5.41) is 6.91. The van der Waals surface area contributed by atoms with Gasteiger partial charge in [0, 0.05) is 21.2 Å².